The molecule has 9 heteroatoms. The lowest BCUT2D eigenvalue weighted by Gasteiger charge is -2.27. The summed E-state index contributed by atoms with van der Waals surface area (Å²) >= 11 is 1.68. The van der Waals surface area contributed by atoms with Gasteiger partial charge in [0.2, 0.25) is 5.91 Å². The van der Waals surface area contributed by atoms with Crippen LogP contribution in [0.5, 0.6) is 11.5 Å². The SMILES string of the molecule is O=C1CN(c2ccc(-c3cc(Oc4ccc5nc(C[C@@H]6CCCC[C@H]6O)sc5c4)ccn3)cn2)CCN1. The first-order valence-electron chi connectivity index (χ1n) is 12.8. The van der Waals surface area contributed by atoms with Crippen LogP contribution in [0.25, 0.3) is 21.5 Å². The van der Waals surface area contributed by atoms with E-state index in [1.54, 1.807) is 23.7 Å². The number of aromatic nitrogens is 3. The van der Waals surface area contributed by atoms with Gasteiger partial charge in [0.1, 0.15) is 17.3 Å². The number of anilines is 1. The second kappa shape index (κ2) is 10.4. The maximum atomic E-state index is 11.7. The van der Waals surface area contributed by atoms with E-state index in [1.807, 2.05) is 47.4 Å². The molecule has 2 fully saturated rings. The van der Waals surface area contributed by atoms with Gasteiger partial charge in [-0.05, 0) is 49.1 Å². The summed E-state index contributed by atoms with van der Waals surface area (Å²) in [4.78, 5) is 27.5. The number of nitrogens with one attached hydrogen (secondary N) is 1. The minimum Gasteiger partial charge on any atom is -0.457 e. The van der Waals surface area contributed by atoms with Crippen molar-refractivity contribution in [3.63, 3.8) is 0 Å². The van der Waals surface area contributed by atoms with Crippen LogP contribution >= 0.6 is 11.3 Å². The molecular formula is C28H29N5O3S. The van der Waals surface area contributed by atoms with E-state index in [-0.39, 0.29) is 12.0 Å². The summed E-state index contributed by atoms with van der Waals surface area (Å²) in [6.45, 7) is 1.69. The number of aliphatic hydroxyl groups is 1. The van der Waals surface area contributed by atoms with Crippen molar-refractivity contribution in [2.75, 3.05) is 24.5 Å². The zero-order valence-electron chi connectivity index (χ0n) is 20.5. The molecule has 2 aliphatic rings. The van der Waals surface area contributed by atoms with Crippen molar-refractivity contribution in [2.45, 2.75) is 38.2 Å². The fraction of sp³-hybridized carbons (Fsp3) is 0.357. The highest BCUT2D eigenvalue weighted by Gasteiger charge is 2.24. The van der Waals surface area contributed by atoms with Gasteiger partial charge >= 0.3 is 0 Å². The molecule has 3 aromatic heterocycles. The van der Waals surface area contributed by atoms with E-state index < -0.39 is 0 Å². The van der Waals surface area contributed by atoms with Gasteiger partial charge in [0.05, 0.1) is 33.6 Å². The van der Waals surface area contributed by atoms with Crippen molar-refractivity contribution in [1.29, 1.82) is 0 Å². The van der Waals surface area contributed by atoms with E-state index in [1.165, 1.54) is 6.42 Å². The highest BCUT2D eigenvalue weighted by atomic mass is 32.1. The van der Waals surface area contributed by atoms with E-state index in [0.29, 0.717) is 24.8 Å². The molecule has 1 aliphatic carbocycles. The van der Waals surface area contributed by atoms with Crippen LogP contribution in [0.3, 0.4) is 0 Å². The number of nitrogens with zero attached hydrogens (tertiary/aromatic N) is 4. The Bertz CT molecular complexity index is 1410. The van der Waals surface area contributed by atoms with Crippen LogP contribution in [0.1, 0.15) is 30.7 Å². The van der Waals surface area contributed by atoms with E-state index in [4.69, 9.17) is 9.72 Å². The molecule has 2 N–H and O–H groups in total. The number of amides is 1. The van der Waals surface area contributed by atoms with Crippen molar-refractivity contribution < 1.29 is 14.6 Å². The van der Waals surface area contributed by atoms with Crippen LogP contribution in [0.2, 0.25) is 0 Å². The lowest BCUT2D eigenvalue weighted by molar-refractivity contribution is -0.120. The zero-order chi connectivity index (χ0) is 25.2. The highest BCUT2D eigenvalue weighted by Crippen LogP contribution is 2.33. The van der Waals surface area contributed by atoms with Crippen molar-refractivity contribution in [1.82, 2.24) is 20.3 Å². The standard InChI is InChI=1S/C28H29N5O3S/c34-24-4-2-1-3-18(24)13-28-32-22-7-6-20(15-25(22)37-28)36-21-9-10-29-23(14-21)19-5-8-26(31-16-19)33-12-11-30-27(35)17-33/h5-10,14-16,18,24,34H,1-4,11-13,17H2,(H,30,35)/t18-,24+/m0/s1. The molecule has 1 saturated carbocycles. The molecule has 1 aromatic carbocycles. The number of fused-ring (bicyclic) bond motifs is 1. The summed E-state index contributed by atoms with van der Waals surface area (Å²) < 4.78 is 7.26. The number of aliphatic hydroxyl groups excluding tert-OH is 1. The first kappa shape index (κ1) is 23.8. The molecular weight excluding hydrogens is 486 g/mol. The molecule has 0 radical (unpaired) electrons. The topological polar surface area (TPSA) is 100 Å². The number of carbonyl (C=O) groups excluding carboxylic acids is 1. The molecule has 1 aliphatic heterocycles. The third-order valence-electron chi connectivity index (χ3n) is 7.08. The van der Waals surface area contributed by atoms with Gasteiger partial charge in [-0.1, -0.05) is 12.8 Å². The van der Waals surface area contributed by atoms with Crippen molar-refractivity contribution in [3.8, 4) is 22.8 Å². The summed E-state index contributed by atoms with van der Waals surface area (Å²) in [6, 6.07) is 13.6. The van der Waals surface area contributed by atoms with Gasteiger partial charge in [0.25, 0.3) is 0 Å². The quantitative estimate of drug-likeness (QED) is 0.388. The van der Waals surface area contributed by atoms with Crippen LogP contribution in [0, 0.1) is 5.92 Å². The number of hydrogen-bond donors (Lipinski definition) is 2. The molecule has 4 heterocycles. The zero-order valence-corrected chi connectivity index (χ0v) is 21.3. The van der Waals surface area contributed by atoms with Crippen LogP contribution in [0.15, 0.2) is 54.9 Å². The predicted octanol–water partition coefficient (Wildman–Crippen LogP) is 4.58. The third-order valence-corrected chi connectivity index (χ3v) is 8.12. The van der Waals surface area contributed by atoms with Crippen molar-refractivity contribution in [2.24, 2.45) is 5.92 Å². The molecule has 0 spiro atoms. The fourth-order valence-corrected chi connectivity index (χ4v) is 6.17. The number of carbonyl (C=O) groups is 1. The number of pyridine rings is 2. The van der Waals surface area contributed by atoms with Gasteiger partial charge in [-0.3, -0.25) is 9.78 Å². The van der Waals surface area contributed by atoms with Crippen LogP contribution in [-0.2, 0) is 11.2 Å². The molecule has 1 saturated heterocycles. The predicted molar refractivity (Wildman–Crippen MR) is 144 cm³/mol. The summed E-state index contributed by atoms with van der Waals surface area (Å²) in [7, 11) is 0. The summed E-state index contributed by atoms with van der Waals surface area (Å²) in [6.07, 6.45) is 8.42. The number of benzene rings is 1. The molecule has 0 unspecified atom stereocenters. The van der Waals surface area contributed by atoms with Crippen LogP contribution in [0.4, 0.5) is 5.82 Å². The van der Waals surface area contributed by atoms with Gasteiger partial charge < -0.3 is 20.1 Å². The number of thiazole rings is 1. The Hall–Kier alpha value is -3.56. The molecule has 37 heavy (non-hydrogen) atoms. The molecule has 8 nitrogen and oxygen atoms in total. The van der Waals surface area contributed by atoms with E-state index in [2.05, 4.69) is 15.3 Å². The summed E-state index contributed by atoms with van der Waals surface area (Å²) in [5, 5.41) is 14.2. The van der Waals surface area contributed by atoms with Crippen molar-refractivity contribution in [3.05, 3.63) is 59.9 Å². The molecule has 0 bridgehead atoms. The number of ether oxygens (including phenoxy) is 1. The van der Waals surface area contributed by atoms with Gasteiger partial charge in [-0.15, -0.1) is 11.3 Å². The van der Waals surface area contributed by atoms with Gasteiger partial charge in [-0.2, -0.15) is 0 Å². The molecule has 2 atom stereocenters. The average Bonchev–Trinajstić information content (AvgIpc) is 3.32. The monoisotopic (exact) mass is 515 g/mol. The average molecular weight is 516 g/mol. The first-order chi connectivity index (χ1) is 18.1. The van der Waals surface area contributed by atoms with Crippen molar-refractivity contribution >= 4 is 33.3 Å². The van der Waals surface area contributed by atoms with Gasteiger partial charge in [0, 0.05) is 49.6 Å². The fourth-order valence-electron chi connectivity index (χ4n) is 5.08. The summed E-state index contributed by atoms with van der Waals surface area (Å²) in [5.74, 6) is 2.54. The van der Waals surface area contributed by atoms with E-state index >= 15 is 0 Å². The maximum absolute atomic E-state index is 11.7. The first-order valence-corrected chi connectivity index (χ1v) is 13.6. The maximum Gasteiger partial charge on any atom is 0.239 e. The molecule has 4 aromatic rings. The molecule has 1 amide bonds. The normalized spacial score (nSPS) is 20.1. The van der Waals surface area contributed by atoms with Crippen LogP contribution in [-0.4, -0.2) is 51.7 Å². The Morgan fingerprint density at radius 2 is 1.97 bits per heavy atom. The minimum atomic E-state index is -0.210. The minimum absolute atomic E-state index is 0.0133. The van der Waals surface area contributed by atoms with E-state index in [0.717, 1.165) is 70.3 Å². The largest absolute Gasteiger partial charge is 0.457 e. The second-order valence-corrected chi connectivity index (χ2v) is 10.8. The molecule has 190 valence electrons. The Morgan fingerprint density at radius 1 is 1.08 bits per heavy atom. The second-order valence-electron chi connectivity index (χ2n) is 9.71. The Balaban J connectivity index is 1.15. The van der Waals surface area contributed by atoms with E-state index in [9.17, 15) is 9.90 Å². The number of hydrogen-bond acceptors (Lipinski definition) is 8. The van der Waals surface area contributed by atoms with Crippen LogP contribution < -0.4 is 15.0 Å². The smallest absolute Gasteiger partial charge is 0.239 e. The molecule has 6 rings (SSSR count). The Labute approximate surface area is 219 Å². The lowest BCUT2D eigenvalue weighted by atomic mass is 9.84. The number of rotatable bonds is 6. The Morgan fingerprint density at radius 3 is 2.81 bits per heavy atom. The number of piperazine rings is 1. The Kier molecular flexibility index (Phi) is 6.72. The van der Waals surface area contributed by atoms with Gasteiger partial charge in [-0.25, -0.2) is 9.97 Å². The third kappa shape index (κ3) is 5.42. The lowest BCUT2D eigenvalue weighted by Crippen LogP contribution is -2.48. The highest BCUT2D eigenvalue weighted by molar-refractivity contribution is 7.18. The summed E-state index contributed by atoms with van der Waals surface area (Å²) in [5.41, 5.74) is 2.61. The van der Waals surface area contributed by atoms with Gasteiger partial charge in [0.15, 0.2) is 0 Å².